The van der Waals surface area contributed by atoms with Crippen LogP contribution in [0, 0.1) is 27.7 Å². The Morgan fingerprint density at radius 2 is 1.62 bits per heavy atom. The lowest BCUT2D eigenvalue weighted by molar-refractivity contribution is 0.745. The molecule has 0 nitrogen and oxygen atoms in total. The minimum absolute atomic E-state index is 0. The SMILES string of the molecule is [CH2-]C([CH2-])(C)c1cc(C)c(Br)c(C)c1.[H+].[H+]. The van der Waals surface area contributed by atoms with Crippen LogP contribution >= 0.6 is 15.9 Å². The quantitative estimate of drug-likeness (QED) is 0.646. The van der Waals surface area contributed by atoms with Crippen molar-refractivity contribution in [3.63, 3.8) is 0 Å². The van der Waals surface area contributed by atoms with E-state index in [1.807, 2.05) is 6.92 Å². The molecule has 0 fully saturated rings. The lowest BCUT2D eigenvalue weighted by Gasteiger charge is -2.37. The fourth-order valence-corrected chi connectivity index (χ4v) is 1.52. The summed E-state index contributed by atoms with van der Waals surface area (Å²) >= 11 is 3.54. The van der Waals surface area contributed by atoms with Gasteiger partial charge in [-0.1, -0.05) is 28.1 Å². The molecule has 13 heavy (non-hydrogen) atoms. The first-order valence-electron chi connectivity index (χ1n) is 4.30. The second-order valence-corrected chi connectivity index (χ2v) is 4.78. The van der Waals surface area contributed by atoms with Crippen molar-refractivity contribution in [1.82, 2.24) is 0 Å². The van der Waals surface area contributed by atoms with Gasteiger partial charge >= 0.3 is 2.85 Å². The number of rotatable bonds is 1. The Kier molecular flexibility index (Phi) is 2.86. The first-order valence-corrected chi connectivity index (χ1v) is 5.09. The van der Waals surface area contributed by atoms with Crippen LogP contribution in [-0.2, 0) is 5.41 Å². The normalized spacial score (nSPS) is 11.8. The zero-order valence-electron chi connectivity index (χ0n) is 10.4. The van der Waals surface area contributed by atoms with Crippen LogP contribution in [0.15, 0.2) is 16.6 Å². The lowest BCUT2D eigenvalue weighted by atomic mass is 9.85. The molecular weight excluding hydrogens is 224 g/mol. The Morgan fingerprint density at radius 3 is 1.92 bits per heavy atom. The van der Waals surface area contributed by atoms with Crippen molar-refractivity contribution in [2.24, 2.45) is 0 Å². The molecule has 1 aromatic carbocycles. The minimum atomic E-state index is -0.254. The molecule has 1 aromatic rings. The number of benzene rings is 1. The van der Waals surface area contributed by atoms with Crippen LogP contribution in [0.1, 0.15) is 26.5 Å². The summed E-state index contributed by atoms with van der Waals surface area (Å²) in [6.07, 6.45) is 0. The summed E-state index contributed by atoms with van der Waals surface area (Å²) in [6.45, 7) is 14.3. The van der Waals surface area contributed by atoms with Gasteiger partial charge in [-0.2, -0.15) is 0 Å². The third-order valence-corrected chi connectivity index (χ3v) is 3.38. The van der Waals surface area contributed by atoms with Gasteiger partial charge in [-0.3, -0.25) is 5.41 Å². The highest BCUT2D eigenvalue weighted by atomic mass is 79.9. The first kappa shape index (κ1) is 10.8. The van der Waals surface area contributed by atoms with Gasteiger partial charge in [0.25, 0.3) is 0 Å². The maximum absolute atomic E-state index is 4.03. The molecule has 0 heterocycles. The topological polar surface area (TPSA) is 0 Å². The van der Waals surface area contributed by atoms with Crippen LogP contribution < -0.4 is 0 Å². The van der Waals surface area contributed by atoms with Gasteiger partial charge in [0.1, 0.15) is 0 Å². The molecular formula is C12H17Br. The molecule has 0 unspecified atom stereocenters. The Bertz CT molecular complexity index is 304. The van der Waals surface area contributed by atoms with Crippen LogP contribution in [0.4, 0.5) is 0 Å². The molecule has 0 bridgehead atoms. The number of halogens is 1. The summed E-state index contributed by atoms with van der Waals surface area (Å²) in [5.41, 5.74) is 3.42. The smallest absolute Gasteiger partial charge is 0.363 e. The predicted molar refractivity (Wildman–Crippen MR) is 63.9 cm³/mol. The molecule has 1 heteroatoms. The van der Waals surface area contributed by atoms with Gasteiger partial charge in [0, 0.05) is 4.47 Å². The summed E-state index contributed by atoms with van der Waals surface area (Å²) in [6, 6.07) is 4.27. The molecule has 0 atom stereocenters. The van der Waals surface area contributed by atoms with Crippen LogP contribution in [0.5, 0.6) is 0 Å². The second kappa shape index (κ2) is 3.45. The average Bonchev–Trinajstić information content (AvgIpc) is 1.97. The van der Waals surface area contributed by atoms with Gasteiger partial charge in [0.05, 0.1) is 0 Å². The van der Waals surface area contributed by atoms with Crippen molar-refractivity contribution >= 4 is 15.9 Å². The lowest BCUT2D eigenvalue weighted by Crippen LogP contribution is -2.12. The molecule has 0 spiro atoms. The van der Waals surface area contributed by atoms with Gasteiger partial charge in [-0.25, -0.2) is 0 Å². The van der Waals surface area contributed by atoms with E-state index in [-0.39, 0.29) is 8.27 Å². The second-order valence-electron chi connectivity index (χ2n) is 3.98. The summed E-state index contributed by atoms with van der Waals surface area (Å²) < 4.78 is 1.18. The van der Waals surface area contributed by atoms with E-state index < -0.39 is 0 Å². The highest BCUT2D eigenvalue weighted by Gasteiger charge is 2.04. The van der Waals surface area contributed by atoms with Gasteiger partial charge in [-0.05, 0) is 25.0 Å². The third-order valence-electron chi connectivity index (χ3n) is 2.13. The van der Waals surface area contributed by atoms with Gasteiger partial charge in [0.15, 0.2) is 0 Å². The van der Waals surface area contributed by atoms with E-state index in [1.165, 1.54) is 21.2 Å². The standard InChI is InChI=1S/C12H15Br/c1-8-6-10(12(3,4)5)7-9(2)11(8)13/h6-7H,3-4H2,1-2,5H3/q-2/p+2. The maximum atomic E-state index is 4.03. The summed E-state index contributed by atoms with van der Waals surface area (Å²) in [5.74, 6) is 0. The molecule has 0 saturated heterocycles. The number of hydrogen-bond donors (Lipinski definition) is 0. The Labute approximate surface area is 92.5 Å². The van der Waals surface area contributed by atoms with Crippen molar-refractivity contribution in [1.29, 1.82) is 0 Å². The van der Waals surface area contributed by atoms with E-state index in [1.54, 1.807) is 0 Å². The summed E-state index contributed by atoms with van der Waals surface area (Å²) in [4.78, 5) is 0. The van der Waals surface area contributed by atoms with Crippen LogP contribution in [-0.4, -0.2) is 0 Å². The Morgan fingerprint density at radius 1 is 1.23 bits per heavy atom. The first-order chi connectivity index (χ1) is 5.82. The van der Waals surface area contributed by atoms with E-state index in [4.69, 9.17) is 0 Å². The van der Waals surface area contributed by atoms with Crippen LogP contribution in [0.2, 0.25) is 0 Å². The molecule has 0 aliphatic rings. The predicted octanol–water partition coefficient (Wildman–Crippen LogP) is 4.22. The molecule has 0 radical (unpaired) electrons. The van der Waals surface area contributed by atoms with Crippen molar-refractivity contribution in [2.45, 2.75) is 26.2 Å². The van der Waals surface area contributed by atoms with Crippen molar-refractivity contribution in [2.75, 3.05) is 0 Å². The minimum Gasteiger partial charge on any atom is -0.363 e. The Balaban J connectivity index is 0. The maximum Gasteiger partial charge on any atom is 1.00 e. The van der Waals surface area contributed by atoms with E-state index >= 15 is 0 Å². The average molecular weight is 241 g/mol. The molecule has 0 aromatic heterocycles. The van der Waals surface area contributed by atoms with Gasteiger partial charge < -0.3 is 13.8 Å². The molecule has 1 rings (SSSR count). The van der Waals surface area contributed by atoms with E-state index in [2.05, 4.69) is 55.8 Å². The molecule has 0 aliphatic carbocycles. The molecule has 0 amide bonds. The van der Waals surface area contributed by atoms with E-state index in [0.29, 0.717) is 0 Å². The highest BCUT2D eigenvalue weighted by Crippen LogP contribution is 2.28. The molecule has 0 N–H and O–H groups in total. The monoisotopic (exact) mass is 240 g/mol. The largest absolute Gasteiger partial charge is 1.00 e. The van der Waals surface area contributed by atoms with Crippen LogP contribution in [0.25, 0.3) is 0 Å². The van der Waals surface area contributed by atoms with Crippen molar-refractivity contribution in [3.8, 4) is 0 Å². The zero-order valence-corrected chi connectivity index (χ0v) is 10.0. The van der Waals surface area contributed by atoms with Crippen molar-refractivity contribution < 1.29 is 2.85 Å². The summed E-state index contributed by atoms with van der Waals surface area (Å²) in [7, 11) is 0. The number of aryl methyl sites for hydroxylation is 2. The molecule has 0 aliphatic heterocycles. The fraction of sp³-hybridized carbons (Fsp3) is 0.333. The van der Waals surface area contributed by atoms with Gasteiger partial charge in [-0.15, -0.1) is 12.5 Å². The fourth-order valence-electron chi connectivity index (χ4n) is 1.29. The van der Waals surface area contributed by atoms with Crippen LogP contribution in [0.3, 0.4) is 0 Å². The highest BCUT2D eigenvalue weighted by molar-refractivity contribution is 9.10. The zero-order chi connectivity index (χ0) is 10.2. The summed E-state index contributed by atoms with van der Waals surface area (Å²) in [5, 5.41) is 0. The molecule has 0 saturated carbocycles. The van der Waals surface area contributed by atoms with Gasteiger partial charge in [0.2, 0.25) is 0 Å². The van der Waals surface area contributed by atoms with E-state index in [0.717, 1.165) is 0 Å². The van der Waals surface area contributed by atoms with Crippen molar-refractivity contribution in [3.05, 3.63) is 47.1 Å². The molecule has 72 valence electrons. The number of hydrogen-bond acceptors (Lipinski definition) is 0. The van der Waals surface area contributed by atoms with E-state index in [9.17, 15) is 0 Å². The third kappa shape index (κ3) is 2.34. The Hall–Kier alpha value is -0.300.